The first-order valence-electron chi connectivity index (χ1n) is 5.56. The van der Waals surface area contributed by atoms with Crippen molar-refractivity contribution in [2.24, 2.45) is 5.73 Å². The summed E-state index contributed by atoms with van der Waals surface area (Å²) in [4.78, 5) is 3.58. The Labute approximate surface area is 111 Å². The Morgan fingerprint density at radius 1 is 1.56 bits per heavy atom. The molecule has 0 amide bonds. The fraction of sp³-hybridized carbons (Fsp3) is 0.667. The van der Waals surface area contributed by atoms with Crippen molar-refractivity contribution >= 4 is 27.3 Å². The number of nitrogens with two attached hydrogens (primary N) is 1. The van der Waals surface area contributed by atoms with Crippen LogP contribution < -0.4 is 5.73 Å². The lowest BCUT2D eigenvalue weighted by Gasteiger charge is -2.40. The molecule has 0 aliphatic rings. The minimum atomic E-state index is 0.0659. The summed E-state index contributed by atoms with van der Waals surface area (Å²) in [6, 6.07) is 2.33. The van der Waals surface area contributed by atoms with E-state index >= 15 is 0 Å². The minimum Gasteiger partial charge on any atom is -0.326 e. The molecule has 1 rings (SSSR count). The van der Waals surface area contributed by atoms with Crippen molar-refractivity contribution in [2.45, 2.75) is 38.3 Å². The summed E-state index contributed by atoms with van der Waals surface area (Å²) in [5.41, 5.74) is 6.42. The van der Waals surface area contributed by atoms with Gasteiger partial charge in [0.1, 0.15) is 0 Å². The van der Waals surface area contributed by atoms with Crippen molar-refractivity contribution in [1.29, 1.82) is 0 Å². The summed E-state index contributed by atoms with van der Waals surface area (Å²) < 4.78 is 1.16. The van der Waals surface area contributed by atoms with Gasteiger partial charge in [0, 0.05) is 26.3 Å². The largest absolute Gasteiger partial charge is 0.326 e. The number of hydrogen-bond donors (Lipinski definition) is 1. The maximum absolute atomic E-state index is 6.35. The highest BCUT2D eigenvalue weighted by Gasteiger charge is 2.32. The summed E-state index contributed by atoms with van der Waals surface area (Å²) >= 11 is 5.25. The highest BCUT2D eigenvalue weighted by molar-refractivity contribution is 9.10. The second-order valence-electron chi connectivity index (χ2n) is 4.65. The maximum atomic E-state index is 6.35. The number of halogens is 1. The van der Waals surface area contributed by atoms with Crippen LogP contribution in [0.5, 0.6) is 0 Å². The van der Waals surface area contributed by atoms with E-state index in [1.54, 1.807) is 11.3 Å². The summed E-state index contributed by atoms with van der Waals surface area (Å²) in [6.07, 6.45) is 2.01. The fourth-order valence-corrected chi connectivity index (χ4v) is 3.32. The Hall–Kier alpha value is 0.1000. The van der Waals surface area contributed by atoms with Crippen molar-refractivity contribution in [3.8, 4) is 0 Å². The number of thiophene rings is 1. The van der Waals surface area contributed by atoms with Gasteiger partial charge in [-0.3, -0.25) is 0 Å². The van der Waals surface area contributed by atoms with Crippen molar-refractivity contribution in [2.75, 3.05) is 14.1 Å². The Morgan fingerprint density at radius 3 is 2.56 bits per heavy atom. The molecule has 0 spiro atoms. The Morgan fingerprint density at radius 2 is 2.19 bits per heavy atom. The summed E-state index contributed by atoms with van der Waals surface area (Å²) in [6.45, 7) is 4.44. The van der Waals surface area contributed by atoms with Crippen molar-refractivity contribution in [3.63, 3.8) is 0 Å². The molecule has 2 nitrogen and oxygen atoms in total. The zero-order valence-electron chi connectivity index (χ0n) is 10.5. The molecule has 1 heterocycles. The van der Waals surface area contributed by atoms with Gasteiger partial charge in [-0.1, -0.05) is 6.92 Å². The fourth-order valence-electron chi connectivity index (χ4n) is 1.81. The first kappa shape index (κ1) is 14.2. The normalized spacial score (nSPS) is 17.4. The molecule has 0 radical (unpaired) electrons. The first-order chi connectivity index (χ1) is 7.40. The highest BCUT2D eigenvalue weighted by Crippen LogP contribution is 2.26. The van der Waals surface area contributed by atoms with Crippen LogP contribution in [0.2, 0.25) is 0 Å². The van der Waals surface area contributed by atoms with E-state index in [4.69, 9.17) is 5.73 Å². The Bertz CT molecular complexity index is 338. The third-order valence-corrected chi connectivity index (χ3v) is 5.30. The summed E-state index contributed by atoms with van der Waals surface area (Å²) in [5, 5.41) is 2.11. The number of hydrogen-bond acceptors (Lipinski definition) is 3. The van der Waals surface area contributed by atoms with Crippen molar-refractivity contribution in [1.82, 2.24) is 4.90 Å². The van der Waals surface area contributed by atoms with E-state index in [0.717, 1.165) is 17.3 Å². The van der Waals surface area contributed by atoms with Gasteiger partial charge in [0.2, 0.25) is 0 Å². The minimum absolute atomic E-state index is 0.0659. The standard InChI is InChI=1S/C12H21BrN2S/c1-5-12(2,15(3)4)11(14)7-10-6-9(13)8-16-10/h6,8,11H,5,7,14H2,1-4H3. The second kappa shape index (κ2) is 5.63. The molecule has 0 bridgehead atoms. The zero-order valence-corrected chi connectivity index (χ0v) is 12.9. The van der Waals surface area contributed by atoms with Gasteiger partial charge in [-0.25, -0.2) is 0 Å². The molecule has 92 valence electrons. The summed E-state index contributed by atoms with van der Waals surface area (Å²) in [7, 11) is 4.21. The van der Waals surface area contributed by atoms with Crippen LogP contribution >= 0.6 is 27.3 Å². The summed E-state index contributed by atoms with van der Waals surface area (Å²) in [5.74, 6) is 0. The molecule has 0 aliphatic heterocycles. The topological polar surface area (TPSA) is 29.3 Å². The van der Waals surface area contributed by atoms with E-state index in [1.165, 1.54) is 4.88 Å². The van der Waals surface area contributed by atoms with E-state index in [-0.39, 0.29) is 11.6 Å². The van der Waals surface area contributed by atoms with Gasteiger partial charge >= 0.3 is 0 Å². The van der Waals surface area contributed by atoms with E-state index in [2.05, 4.69) is 60.2 Å². The van der Waals surface area contributed by atoms with Crippen molar-refractivity contribution in [3.05, 3.63) is 20.8 Å². The second-order valence-corrected chi connectivity index (χ2v) is 6.56. The molecule has 1 aromatic rings. The number of nitrogens with zero attached hydrogens (tertiary/aromatic N) is 1. The molecule has 4 heteroatoms. The molecule has 0 fully saturated rings. The van der Waals surface area contributed by atoms with E-state index in [9.17, 15) is 0 Å². The van der Waals surface area contributed by atoms with Crippen LogP contribution in [0.4, 0.5) is 0 Å². The number of likely N-dealkylation sites (N-methyl/N-ethyl adjacent to an activating group) is 1. The van der Waals surface area contributed by atoms with Gasteiger partial charge in [-0.2, -0.15) is 0 Å². The molecule has 1 aromatic heterocycles. The lowest BCUT2D eigenvalue weighted by molar-refractivity contribution is 0.131. The molecule has 2 unspecified atom stereocenters. The molecule has 0 aromatic carbocycles. The van der Waals surface area contributed by atoms with Crippen LogP contribution in [0.25, 0.3) is 0 Å². The van der Waals surface area contributed by atoms with Gasteiger partial charge in [0.25, 0.3) is 0 Å². The molecule has 0 aliphatic carbocycles. The molecule has 2 atom stereocenters. The van der Waals surface area contributed by atoms with Gasteiger partial charge in [0.15, 0.2) is 0 Å². The van der Waals surface area contributed by atoms with Crippen LogP contribution in [-0.4, -0.2) is 30.6 Å². The lowest BCUT2D eigenvalue weighted by atomic mass is 9.86. The predicted octanol–water partition coefficient (Wildman–Crippen LogP) is 3.11. The van der Waals surface area contributed by atoms with Crippen LogP contribution in [0.1, 0.15) is 25.1 Å². The molecule has 2 N–H and O–H groups in total. The maximum Gasteiger partial charge on any atom is 0.0327 e. The predicted molar refractivity (Wildman–Crippen MR) is 76.1 cm³/mol. The average molecular weight is 305 g/mol. The molecular formula is C12H21BrN2S. The average Bonchev–Trinajstić information content (AvgIpc) is 2.62. The molecule has 16 heavy (non-hydrogen) atoms. The van der Waals surface area contributed by atoms with E-state index in [1.807, 2.05) is 0 Å². The Balaban J connectivity index is 2.73. The van der Waals surface area contributed by atoms with E-state index in [0.29, 0.717) is 0 Å². The van der Waals surface area contributed by atoms with Gasteiger partial charge in [-0.05, 0) is 55.9 Å². The number of rotatable bonds is 5. The quantitative estimate of drug-likeness (QED) is 0.905. The molecule has 0 saturated carbocycles. The van der Waals surface area contributed by atoms with Gasteiger partial charge in [0.05, 0.1) is 0 Å². The van der Waals surface area contributed by atoms with Crippen LogP contribution in [-0.2, 0) is 6.42 Å². The zero-order chi connectivity index (χ0) is 12.3. The van der Waals surface area contributed by atoms with Crippen LogP contribution in [0.15, 0.2) is 15.9 Å². The van der Waals surface area contributed by atoms with Gasteiger partial charge < -0.3 is 10.6 Å². The van der Waals surface area contributed by atoms with Gasteiger partial charge in [-0.15, -0.1) is 11.3 Å². The van der Waals surface area contributed by atoms with E-state index < -0.39 is 0 Å². The Kier molecular flexibility index (Phi) is 4.98. The smallest absolute Gasteiger partial charge is 0.0327 e. The van der Waals surface area contributed by atoms with Crippen LogP contribution in [0.3, 0.4) is 0 Å². The monoisotopic (exact) mass is 304 g/mol. The van der Waals surface area contributed by atoms with Crippen molar-refractivity contribution < 1.29 is 0 Å². The molecular weight excluding hydrogens is 284 g/mol. The highest BCUT2D eigenvalue weighted by atomic mass is 79.9. The first-order valence-corrected chi connectivity index (χ1v) is 7.23. The third kappa shape index (κ3) is 3.06. The SMILES string of the molecule is CCC(C)(C(N)Cc1cc(Br)cs1)N(C)C. The van der Waals surface area contributed by atoms with Crippen LogP contribution in [0, 0.1) is 0 Å². The molecule has 0 saturated heterocycles. The third-order valence-electron chi connectivity index (χ3n) is 3.58. The lowest BCUT2D eigenvalue weighted by Crippen LogP contribution is -2.55.